The number of benzene rings is 1. The second-order valence-electron chi connectivity index (χ2n) is 5.94. The summed E-state index contributed by atoms with van der Waals surface area (Å²) in [5.41, 5.74) is 5.57. The molecule has 0 spiro atoms. The Morgan fingerprint density at radius 1 is 1.38 bits per heavy atom. The number of pyridine rings is 1. The van der Waals surface area contributed by atoms with Crippen molar-refractivity contribution in [3.05, 3.63) is 63.1 Å². The monoisotopic (exact) mass is 339 g/mol. The van der Waals surface area contributed by atoms with Crippen LogP contribution in [-0.4, -0.2) is 19.6 Å². The van der Waals surface area contributed by atoms with Gasteiger partial charge >= 0.3 is 0 Å². The summed E-state index contributed by atoms with van der Waals surface area (Å²) in [7, 11) is 0. The summed E-state index contributed by atoms with van der Waals surface area (Å²) >= 11 is 1.51. The van der Waals surface area contributed by atoms with Crippen LogP contribution in [0.1, 0.15) is 29.9 Å². The Morgan fingerprint density at radius 3 is 3.08 bits per heavy atom. The molecule has 4 rings (SSSR count). The minimum atomic E-state index is 0.0450. The van der Waals surface area contributed by atoms with E-state index in [-0.39, 0.29) is 11.5 Å². The maximum atomic E-state index is 12.3. The summed E-state index contributed by atoms with van der Waals surface area (Å²) in [4.78, 5) is 21.0. The molecule has 3 heterocycles. The van der Waals surface area contributed by atoms with Crippen molar-refractivity contribution in [3.8, 4) is 0 Å². The van der Waals surface area contributed by atoms with E-state index in [1.165, 1.54) is 11.3 Å². The van der Waals surface area contributed by atoms with Gasteiger partial charge < -0.3 is 10.3 Å². The van der Waals surface area contributed by atoms with Crippen LogP contribution in [0.15, 0.2) is 40.8 Å². The van der Waals surface area contributed by atoms with Crippen molar-refractivity contribution in [1.29, 1.82) is 0 Å². The zero-order valence-corrected chi connectivity index (χ0v) is 14.2. The lowest BCUT2D eigenvalue weighted by molar-refractivity contribution is 0.558. The van der Waals surface area contributed by atoms with Crippen LogP contribution >= 0.6 is 11.3 Å². The van der Waals surface area contributed by atoms with E-state index in [0.29, 0.717) is 6.54 Å². The van der Waals surface area contributed by atoms with Gasteiger partial charge in [0.2, 0.25) is 4.96 Å². The highest BCUT2D eigenvalue weighted by atomic mass is 32.1. The van der Waals surface area contributed by atoms with Crippen LogP contribution in [0.2, 0.25) is 0 Å². The molecule has 122 valence electrons. The molecule has 0 saturated carbocycles. The number of imidazole rings is 1. The van der Waals surface area contributed by atoms with E-state index in [9.17, 15) is 4.79 Å². The minimum absolute atomic E-state index is 0.0450. The third-order valence-electron chi connectivity index (χ3n) is 4.09. The maximum Gasteiger partial charge on any atom is 0.212 e. The first-order valence-corrected chi connectivity index (χ1v) is 8.63. The fourth-order valence-corrected chi connectivity index (χ4v) is 3.35. The minimum Gasteiger partial charge on any atom is -0.357 e. The van der Waals surface area contributed by atoms with Gasteiger partial charge in [-0.15, -0.1) is 0 Å². The molecule has 0 aliphatic carbocycles. The molecule has 1 atom stereocenters. The van der Waals surface area contributed by atoms with Crippen LogP contribution in [-0.2, 0) is 6.54 Å². The number of nitrogens with zero attached hydrogens (tertiary/aromatic N) is 3. The second-order valence-corrected chi connectivity index (χ2v) is 6.75. The van der Waals surface area contributed by atoms with Crippen LogP contribution in [0.25, 0.3) is 15.9 Å². The highest BCUT2D eigenvalue weighted by molar-refractivity contribution is 7.14. The molecule has 0 radical (unpaired) electrons. The van der Waals surface area contributed by atoms with E-state index in [1.54, 1.807) is 16.1 Å². The zero-order valence-electron chi connectivity index (χ0n) is 13.4. The topological polar surface area (TPSA) is 75.1 Å². The first-order chi connectivity index (χ1) is 11.6. The Morgan fingerprint density at radius 2 is 2.25 bits per heavy atom. The average Bonchev–Trinajstić information content (AvgIpc) is 3.15. The second kappa shape index (κ2) is 5.85. The van der Waals surface area contributed by atoms with Crippen molar-refractivity contribution >= 4 is 27.2 Å². The van der Waals surface area contributed by atoms with Gasteiger partial charge in [-0.3, -0.25) is 4.79 Å². The molecule has 2 N–H and O–H groups in total. The number of fused-ring (bicyclic) bond motifs is 2. The summed E-state index contributed by atoms with van der Waals surface area (Å²) in [6.07, 6.45) is 1.93. The number of nitrogens with one attached hydrogen (secondary N) is 2. The van der Waals surface area contributed by atoms with E-state index in [1.807, 2.05) is 31.3 Å². The standard InChI is InChI=1S/C17H17N5OS/c1-10-3-4-14-13(5-10)16(23)6-12(20-14)7-18-11(2)15-8-22-17(21-15)24-9-19-22/h3-6,8-9,11,18H,7H2,1-2H3,(H,20,23). The van der Waals surface area contributed by atoms with Crippen LogP contribution < -0.4 is 10.7 Å². The Balaban J connectivity index is 1.54. The molecule has 1 aromatic carbocycles. The third-order valence-corrected chi connectivity index (χ3v) is 4.78. The summed E-state index contributed by atoms with van der Waals surface area (Å²) in [5.74, 6) is 0. The number of aromatic nitrogens is 4. The number of H-pyrrole nitrogens is 1. The van der Waals surface area contributed by atoms with Crippen molar-refractivity contribution in [2.75, 3.05) is 0 Å². The van der Waals surface area contributed by atoms with E-state index in [4.69, 9.17) is 0 Å². The van der Waals surface area contributed by atoms with Crippen molar-refractivity contribution in [1.82, 2.24) is 24.9 Å². The van der Waals surface area contributed by atoms with Gasteiger partial charge in [-0.25, -0.2) is 9.50 Å². The normalized spacial score (nSPS) is 12.9. The van der Waals surface area contributed by atoms with E-state index in [0.717, 1.165) is 32.8 Å². The predicted octanol–water partition coefficient (Wildman–Crippen LogP) is 2.79. The van der Waals surface area contributed by atoms with Gasteiger partial charge in [0.05, 0.1) is 11.9 Å². The lowest BCUT2D eigenvalue weighted by Gasteiger charge is -2.12. The van der Waals surface area contributed by atoms with Gasteiger partial charge in [-0.2, -0.15) is 5.10 Å². The van der Waals surface area contributed by atoms with E-state index in [2.05, 4.69) is 27.3 Å². The van der Waals surface area contributed by atoms with Gasteiger partial charge in [-0.05, 0) is 26.0 Å². The quantitative estimate of drug-likeness (QED) is 0.599. The lowest BCUT2D eigenvalue weighted by atomic mass is 10.1. The number of hydrogen-bond donors (Lipinski definition) is 2. The molecule has 0 aliphatic rings. The molecule has 0 fully saturated rings. The molecular weight excluding hydrogens is 322 g/mol. The molecule has 24 heavy (non-hydrogen) atoms. The van der Waals surface area contributed by atoms with Crippen LogP contribution in [0.5, 0.6) is 0 Å². The fourth-order valence-electron chi connectivity index (χ4n) is 2.74. The molecule has 1 unspecified atom stereocenters. The van der Waals surface area contributed by atoms with Gasteiger partial charge in [-0.1, -0.05) is 23.0 Å². The molecule has 0 bridgehead atoms. The Kier molecular flexibility index (Phi) is 3.66. The Labute approximate surface area is 142 Å². The molecule has 0 amide bonds. The number of hydrogen-bond acceptors (Lipinski definition) is 5. The highest BCUT2D eigenvalue weighted by Crippen LogP contribution is 2.16. The molecule has 6 nitrogen and oxygen atoms in total. The van der Waals surface area contributed by atoms with Crippen molar-refractivity contribution in [2.24, 2.45) is 0 Å². The van der Waals surface area contributed by atoms with Crippen molar-refractivity contribution in [3.63, 3.8) is 0 Å². The molecule has 4 aromatic rings. The van der Waals surface area contributed by atoms with Gasteiger partial charge in [0.25, 0.3) is 0 Å². The SMILES string of the molecule is Cc1ccc2[nH]c(CNC(C)c3cn4ncsc4n3)cc(=O)c2c1. The van der Waals surface area contributed by atoms with Crippen LogP contribution in [0, 0.1) is 6.92 Å². The first-order valence-electron chi connectivity index (χ1n) is 7.75. The Hall–Kier alpha value is -2.51. The number of aryl methyl sites for hydroxylation is 1. The number of aromatic amines is 1. The molecule has 7 heteroatoms. The highest BCUT2D eigenvalue weighted by Gasteiger charge is 2.11. The van der Waals surface area contributed by atoms with Gasteiger partial charge in [0, 0.05) is 35.2 Å². The largest absolute Gasteiger partial charge is 0.357 e. The van der Waals surface area contributed by atoms with E-state index < -0.39 is 0 Å². The average molecular weight is 339 g/mol. The maximum absolute atomic E-state index is 12.3. The molecule has 0 saturated heterocycles. The zero-order chi connectivity index (χ0) is 16.7. The van der Waals surface area contributed by atoms with Crippen LogP contribution in [0.4, 0.5) is 0 Å². The molecule has 3 aromatic heterocycles. The fraction of sp³-hybridized carbons (Fsp3) is 0.235. The molecule has 0 aliphatic heterocycles. The van der Waals surface area contributed by atoms with E-state index >= 15 is 0 Å². The van der Waals surface area contributed by atoms with Crippen molar-refractivity contribution < 1.29 is 0 Å². The van der Waals surface area contributed by atoms with Crippen molar-refractivity contribution in [2.45, 2.75) is 26.4 Å². The summed E-state index contributed by atoms with van der Waals surface area (Å²) < 4.78 is 1.78. The summed E-state index contributed by atoms with van der Waals surface area (Å²) in [5, 5.41) is 8.32. The summed E-state index contributed by atoms with van der Waals surface area (Å²) in [6.45, 7) is 4.61. The van der Waals surface area contributed by atoms with Gasteiger partial charge in [0.15, 0.2) is 5.43 Å². The Bertz CT molecular complexity index is 1050. The smallest absolute Gasteiger partial charge is 0.212 e. The van der Waals surface area contributed by atoms with Crippen LogP contribution in [0.3, 0.4) is 0 Å². The van der Waals surface area contributed by atoms with Gasteiger partial charge in [0.1, 0.15) is 5.51 Å². The first kappa shape index (κ1) is 15.0. The third kappa shape index (κ3) is 2.72. The number of rotatable bonds is 4. The predicted molar refractivity (Wildman–Crippen MR) is 95.4 cm³/mol. The summed E-state index contributed by atoms with van der Waals surface area (Å²) in [6, 6.07) is 7.60. The molecular formula is C17H17N5OS. The lowest BCUT2D eigenvalue weighted by Crippen LogP contribution is -2.20.